The number of aromatic nitrogens is 1. The summed E-state index contributed by atoms with van der Waals surface area (Å²) in [4.78, 5) is 16.0. The highest BCUT2D eigenvalue weighted by Crippen LogP contribution is 2.43. The van der Waals surface area contributed by atoms with Crippen LogP contribution in [-0.2, 0) is 4.79 Å². The van der Waals surface area contributed by atoms with E-state index in [0.29, 0.717) is 5.57 Å². The lowest BCUT2D eigenvalue weighted by atomic mass is 9.69. The first-order chi connectivity index (χ1) is 7.52. The molecule has 0 saturated carbocycles. The van der Waals surface area contributed by atoms with E-state index in [2.05, 4.69) is 25.4 Å². The average Bonchev–Trinajstić information content (AvgIpc) is 2.26. The van der Waals surface area contributed by atoms with Crippen molar-refractivity contribution in [2.75, 3.05) is 0 Å². The minimum absolute atomic E-state index is 0.00924. The van der Waals surface area contributed by atoms with Crippen LogP contribution in [0.15, 0.2) is 48.7 Å². The highest BCUT2D eigenvalue weighted by Gasteiger charge is 2.36. The van der Waals surface area contributed by atoms with Crippen LogP contribution in [0.3, 0.4) is 0 Å². The second-order valence-electron chi connectivity index (χ2n) is 4.73. The number of nitrogens with zero attached hydrogens (tertiary/aromatic N) is 1. The minimum atomic E-state index is -0.112. The molecule has 0 saturated heterocycles. The van der Waals surface area contributed by atoms with Crippen molar-refractivity contribution in [3.8, 4) is 0 Å². The first kappa shape index (κ1) is 10.8. The van der Waals surface area contributed by atoms with Crippen molar-refractivity contribution in [3.05, 3.63) is 54.4 Å². The minimum Gasteiger partial charge on any atom is -0.290 e. The summed E-state index contributed by atoms with van der Waals surface area (Å²) in [5.74, 6) is -0.0128. The molecular weight excluding hydrogens is 198 g/mol. The van der Waals surface area contributed by atoms with Crippen LogP contribution in [0.4, 0.5) is 0 Å². The summed E-state index contributed by atoms with van der Waals surface area (Å²) in [7, 11) is 0. The van der Waals surface area contributed by atoms with Crippen LogP contribution >= 0.6 is 0 Å². The van der Waals surface area contributed by atoms with E-state index < -0.39 is 0 Å². The maximum absolute atomic E-state index is 11.7. The molecular formula is C14H15NO. The van der Waals surface area contributed by atoms with Gasteiger partial charge in [0.05, 0.1) is 0 Å². The third-order valence-electron chi connectivity index (χ3n) is 3.06. The van der Waals surface area contributed by atoms with Crippen molar-refractivity contribution in [1.29, 1.82) is 0 Å². The number of hydrogen-bond acceptors (Lipinski definition) is 2. The zero-order chi connectivity index (χ0) is 11.8. The highest BCUT2D eigenvalue weighted by molar-refractivity contribution is 6.05. The van der Waals surface area contributed by atoms with Crippen LogP contribution < -0.4 is 0 Å². The summed E-state index contributed by atoms with van der Waals surface area (Å²) in [5, 5.41) is 0. The highest BCUT2D eigenvalue weighted by atomic mass is 16.1. The summed E-state index contributed by atoms with van der Waals surface area (Å²) in [5.41, 5.74) is 1.43. The Labute approximate surface area is 95.7 Å². The molecule has 1 heterocycles. The van der Waals surface area contributed by atoms with E-state index in [1.165, 1.54) is 0 Å². The van der Waals surface area contributed by atoms with Crippen LogP contribution in [0.2, 0.25) is 0 Å². The largest absolute Gasteiger partial charge is 0.290 e. The molecule has 1 aliphatic carbocycles. The Kier molecular flexibility index (Phi) is 2.50. The van der Waals surface area contributed by atoms with Gasteiger partial charge in [-0.3, -0.25) is 9.78 Å². The first-order valence-electron chi connectivity index (χ1n) is 5.35. The summed E-state index contributed by atoms with van der Waals surface area (Å²) < 4.78 is 0. The van der Waals surface area contributed by atoms with E-state index >= 15 is 0 Å². The van der Waals surface area contributed by atoms with Gasteiger partial charge in [0.15, 0.2) is 5.78 Å². The molecule has 0 aliphatic heterocycles. The molecule has 2 nitrogen and oxygen atoms in total. The van der Waals surface area contributed by atoms with Crippen LogP contribution in [0.1, 0.15) is 25.5 Å². The number of ketones is 1. The quantitative estimate of drug-likeness (QED) is 0.671. The van der Waals surface area contributed by atoms with Crippen molar-refractivity contribution in [2.45, 2.75) is 19.8 Å². The second kappa shape index (κ2) is 3.71. The van der Waals surface area contributed by atoms with Gasteiger partial charge in [-0.05, 0) is 23.6 Å². The monoisotopic (exact) mass is 213 g/mol. The summed E-state index contributed by atoms with van der Waals surface area (Å²) >= 11 is 0. The predicted octanol–water partition coefficient (Wildman–Crippen LogP) is 2.89. The van der Waals surface area contributed by atoms with Gasteiger partial charge >= 0.3 is 0 Å². The molecule has 1 aromatic rings. The zero-order valence-electron chi connectivity index (χ0n) is 9.60. The van der Waals surface area contributed by atoms with Crippen molar-refractivity contribution >= 4 is 5.78 Å². The molecule has 16 heavy (non-hydrogen) atoms. The maximum Gasteiger partial charge on any atom is 0.181 e. The van der Waals surface area contributed by atoms with Crippen LogP contribution in [0, 0.1) is 5.41 Å². The summed E-state index contributed by atoms with van der Waals surface area (Å²) in [6, 6.07) is 5.76. The topological polar surface area (TPSA) is 30.0 Å². The molecule has 0 fully saturated rings. The van der Waals surface area contributed by atoms with E-state index in [-0.39, 0.29) is 17.1 Å². The number of pyridine rings is 1. The zero-order valence-corrected chi connectivity index (χ0v) is 9.60. The fraction of sp³-hybridized carbons (Fsp3) is 0.286. The van der Waals surface area contributed by atoms with E-state index in [9.17, 15) is 4.79 Å². The second-order valence-corrected chi connectivity index (χ2v) is 4.73. The molecule has 82 valence electrons. The smallest absolute Gasteiger partial charge is 0.181 e. The molecule has 0 radical (unpaired) electrons. The lowest BCUT2D eigenvalue weighted by molar-refractivity contribution is -0.112. The van der Waals surface area contributed by atoms with Crippen molar-refractivity contribution in [2.24, 2.45) is 5.41 Å². The summed E-state index contributed by atoms with van der Waals surface area (Å²) in [6.07, 6.45) is 5.31. The number of rotatable bonds is 1. The van der Waals surface area contributed by atoms with Gasteiger partial charge < -0.3 is 0 Å². The molecule has 1 unspecified atom stereocenters. The number of allylic oxidation sites excluding steroid dienone is 3. The van der Waals surface area contributed by atoms with Gasteiger partial charge in [0.25, 0.3) is 0 Å². The molecule has 0 spiro atoms. The lowest BCUT2D eigenvalue weighted by Crippen LogP contribution is -2.28. The van der Waals surface area contributed by atoms with E-state index in [1.807, 2.05) is 24.3 Å². The third kappa shape index (κ3) is 1.71. The van der Waals surface area contributed by atoms with E-state index in [1.54, 1.807) is 12.3 Å². The van der Waals surface area contributed by atoms with Crippen LogP contribution in [0.5, 0.6) is 0 Å². The summed E-state index contributed by atoms with van der Waals surface area (Å²) in [6.45, 7) is 8.10. The Morgan fingerprint density at radius 3 is 2.75 bits per heavy atom. The van der Waals surface area contributed by atoms with E-state index in [4.69, 9.17) is 0 Å². The number of carbonyl (C=O) groups excluding carboxylic acids is 1. The van der Waals surface area contributed by atoms with Crippen molar-refractivity contribution in [3.63, 3.8) is 0 Å². The molecule has 0 aromatic carbocycles. The number of hydrogen-bond donors (Lipinski definition) is 0. The molecule has 1 aliphatic rings. The van der Waals surface area contributed by atoms with Crippen LogP contribution in [0.25, 0.3) is 0 Å². The lowest BCUT2D eigenvalue weighted by Gasteiger charge is -2.34. The van der Waals surface area contributed by atoms with Gasteiger partial charge in [-0.2, -0.15) is 0 Å². The molecule has 0 bridgehead atoms. The van der Waals surface area contributed by atoms with Gasteiger partial charge in [0.1, 0.15) is 0 Å². The number of carbonyl (C=O) groups is 1. The van der Waals surface area contributed by atoms with E-state index in [0.717, 1.165) is 5.69 Å². The van der Waals surface area contributed by atoms with Gasteiger partial charge in [0.2, 0.25) is 0 Å². The average molecular weight is 213 g/mol. The fourth-order valence-corrected chi connectivity index (χ4v) is 2.19. The normalized spacial score (nSPS) is 23.5. The maximum atomic E-state index is 11.7. The van der Waals surface area contributed by atoms with Gasteiger partial charge in [0, 0.05) is 23.4 Å². The Bertz CT molecular complexity index is 457. The Hall–Kier alpha value is -1.70. The van der Waals surface area contributed by atoms with Crippen molar-refractivity contribution in [1.82, 2.24) is 4.98 Å². The third-order valence-corrected chi connectivity index (χ3v) is 3.06. The molecule has 1 atom stereocenters. The Balaban J connectivity index is 2.50. The standard InChI is InChI=1S/C14H15NO/c1-10-12(16)7-8-14(2,3)13(10)11-6-4-5-9-15-11/h4-9,13H,1H2,2-3H3. The molecule has 0 amide bonds. The van der Waals surface area contributed by atoms with Gasteiger partial charge in [-0.25, -0.2) is 0 Å². The van der Waals surface area contributed by atoms with Gasteiger partial charge in [-0.1, -0.05) is 32.6 Å². The molecule has 0 N–H and O–H groups in total. The molecule has 2 rings (SSSR count). The van der Waals surface area contributed by atoms with Gasteiger partial charge in [-0.15, -0.1) is 0 Å². The van der Waals surface area contributed by atoms with Crippen LogP contribution in [-0.4, -0.2) is 10.8 Å². The Morgan fingerprint density at radius 2 is 2.12 bits per heavy atom. The Morgan fingerprint density at radius 1 is 1.38 bits per heavy atom. The molecule has 1 aromatic heterocycles. The SMILES string of the molecule is C=C1C(=O)C=CC(C)(C)C1c1ccccn1. The van der Waals surface area contributed by atoms with Crippen molar-refractivity contribution < 1.29 is 4.79 Å². The fourth-order valence-electron chi connectivity index (χ4n) is 2.19. The predicted molar refractivity (Wildman–Crippen MR) is 64.0 cm³/mol. The first-order valence-corrected chi connectivity index (χ1v) is 5.35. The molecule has 2 heteroatoms.